The van der Waals surface area contributed by atoms with Gasteiger partial charge in [-0.15, -0.1) is 11.6 Å². The number of hydrogen-bond donors (Lipinski definition) is 0. The van der Waals surface area contributed by atoms with Gasteiger partial charge >= 0.3 is 5.97 Å². The number of ketones is 1. The first-order chi connectivity index (χ1) is 8.62. The van der Waals surface area contributed by atoms with Crippen LogP contribution in [0, 0.1) is 0 Å². The van der Waals surface area contributed by atoms with Crippen molar-refractivity contribution in [1.29, 1.82) is 0 Å². The van der Waals surface area contributed by atoms with Gasteiger partial charge in [-0.2, -0.15) is 0 Å². The fourth-order valence-electron chi connectivity index (χ4n) is 1.52. The van der Waals surface area contributed by atoms with E-state index in [1.165, 1.54) is 0 Å². The number of carbonyl (C=O) groups is 2. The summed E-state index contributed by atoms with van der Waals surface area (Å²) in [5.41, 5.74) is 2.09. The lowest BCUT2D eigenvalue weighted by molar-refractivity contribution is -0.115. The predicted molar refractivity (Wildman–Crippen MR) is 74.5 cm³/mol. The summed E-state index contributed by atoms with van der Waals surface area (Å²) >= 11 is 8.93. The highest BCUT2D eigenvalue weighted by atomic mass is 79.9. The minimum atomic E-state index is -0.383. The minimum absolute atomic E-state index is 0.0439. The van der Waals surface area contributed by atoms with Gasteiger partial charge < -0.3 is 4.74 Å². The van der Waals surface area contributed by atoms with Crippen LogP contribution in [0.5, 0.6) is 0 Å². The molecule has 0 bridgehead atoms. The van der Waals surface area contributed by atoms with Crippen molar-refractivity contribution in [2.45, 2.75) is 19.2 Å². The molecule has 1 rings (SSSR count). The van der Waals surface area contributed by atoms with Crippen molar-refractivity contribution in [3.8, 4) is 0 Å². The van der Waals surface area contributed by atoms with E-state index >= 15 is 0 Å². The van der Waals surface area contributed by atoms with Crippen molar-refractivity contribution < 1.29 is 14.3 Å². The molecule has 5 heteroatoms. The third-order valence-corrected chi connectivity index (χ3v) is 3.31. The maximum atomic E-state index is 11.6. The van der Waals surface area contributed by atoms with Crippen molar-refractivity contribution in [3.05, 3.63) is 34.9 Å². The average Bonchev–Trinajstić information content (AvgIpc) is 2.38. The molecule has 0 aromatic heterocycles. The quantitative estimate of drug-likeness (QED) is 0.593. The van der Waals surface area contributed by atoms with Crippen molar-refractivity contribution in [1.82, 2.24) is 0 Å². The van der Waals surface area contributed by atoms with Gasteiger partial charge in [-0.3, -0.25) is 4.79 Å². The molecule has 0 N–H and O–H groups in total. The number of carbonyl (C=O) groups excluding carboxylic acids is 2. The number of rotatable bonds is 6. The lowest BCUT2D eigenvalue weighted by Crippen LogP contribution is -2.09. The number of benzene rings is 1. The summed E-state index contributed by atoms with van der Waals surface area (Å²) < 4.78 is 4.92. The van der Waals surface area contributed by atoms with Crippen LogP contribution in [0.1, 0.15) is 28.4 Å². The molecule has 0 fully saturated rings. The molecule has 0 aliphatic heterocycles. The molecule has 0 aliphatic carbocycles. The van der Waals surface area contributed by atoms with Crippen LogP contribution in [-0.4, -0.2) is 23.7 Å². The summed E-state index contributed by atoms with van der Waals surface area (Å²) in [7, 11) is 0. The van der Waals surface area contributed by atoms with Gasteiger partial charge in [-0.1, -0.05) is 22.0 Å². The molecular weight excluding hydrogens is 319 g/mol. The molecule has 0 saturated carbocycles. The fraction of sp³-hybridized carbons (Fsp3) is 0.385. The van der Waals surface area contributed by atoms with Gasteiger partial charge in [0.25, 0.3) is 0 Å². The van der Waals surface area contributed by atoms with Crippen LogP contribution in [0.4, 0.5) is 0 Å². The number of halogens is 2. The van der Waals surface area contributed by atoms with Gasteiger partial charge in [-0.25, -0.2) is 4.79 Å². The molecule has 0 aliphatic rings. The SMILES string of the molecule is CCOC(=O)c1ccc(CCl)c(CC(=O)CBr)c1. The van der Waals surface area contributed by atoms with E-state index in [0.29, 0.717) is 23.4 Å². The molecule has 1 aromatic carbocycles. The highest BCUT2D eigenvalue weighted by Gasteiger charge is 2.12. The Kier molecular flexibility index (Phi) is 6.36. The van der Waals surface area contributed by atoms with E-state index in [1.807, 2.05) is 0 Å². The second kappa shape index (κ2) is 7.54. The normalized spacial score (nSPS) is 10.2. The molecule has 0 saturated heterocycles. The Bertz CT molecular complexity index is 446. The molecule has 0 heterocycles. The zero-order chi connectivity index (χ0) is 13.5. The van der Waals surface area contributed by atoms with Crippen LogP contribution in [-0.2, 0) is 21.8 Å². The summed E-state index contributed by atoms with van der Waals surface area (Å²) in [5, 5.41) is 0.290. The third-order valence-electron chi connectivity index (χ3n) is 2.40. The van der Waals surface area contributed by atoms with E-state index in [2.05, 4.69) is 15.9 Å². The van der Waals surface area contributed by atoms with Crippen molar-refractivity contribution in [2.24, 2.45) is 0 Å². The number of Topliss-reactive ketones (excluding diaryl/α,β-unsaturated/α-hetero) is 1. The molecule has 18 heavy (non-hydrogen) atoms. The summed E-state index contributed by atoms with van der Waals surface area (Å²) in [5.74, 6) is -0.0258. The molecule has 0 amide bonds. The number of esters is 1. The topological polar surface area (TPSA) is 43.4 Å². The average molecular weight is 334 g/mol. The maximum Gasteiger partial charge on any atom is 0.338 e. The first-order valence-electron chi connectivity index (χ1n) is 5.54. The van der Waals surface area contributed by atoms with Gasteiger partial charge in [0, 0.05) is 12.3 Å². The van der Waals surface area contributed by atoms with E-state index < -0.39 is 0 Å². The zero-order valence-corrected chi connectivity index (χ0v) is 12.4. The van der Waals surface area contributed by atoms with Crippen LogP contribution in [0.15, 0.2) is 18.2 Å². The highest BCUT2D eigenvalue weighted by molar-refractivity contribution is 9.09. The third kappa shape index (κ3) is 4.10. The van der Waals surface area contributed by atoms with E-state index in [4.69, 9.17) is 16.3 Å². The second-order valence-corrected chi connectivity index (χ2v) is 4.51. The molecular formula is C13H14BrClO3. The minimum Gasteiger partial charge on any atom is -0.462 e. The molecule has 0 atom stereocenters. The zero-order valence-electron chi connectivity index (χ0n) is 10.0. The number of ether oxygens (including phenoxy) is 1. The van der Waals surface area contributed by atoms with Gasteiger partial charge in [0.15, 0.2) is 0 Å². The summed E-state index contributed by atoms with van der Waals surface area (Å²) in [6.07, 6.45) is 0.264. The predicted octanol–water partition coefficient (Wildman–Crippen LogP) is 3.11. The van der Waals surface area contributed by atoms with E-state index in [9.17, 15) is 9.59 Å². The number of alkyl halides is 2. The highest BCUT2D eigenvalue weighted by Crippen LogP contribution is 2.16. The molecule has 98 valence electrons. The van der Waals surface area contributed by atoms with E-state index in [0.717, 1.165) is 11.1 Å². The van der Waals surface area contributed by atoms with Crippen molar-refractivity contribution in [3.63, 3.8) is 0 Å². The van der Waals surface area contributed by atoms with Crippen LogP contribution in [0.2, 0.25) is 0 Å². The van der Waals surface area contributed by atoms with Gasteiger partial charge in [0.2, 0.25) is 0 Å². The Morgan fingerprint density at radius 3 is 2.61 bits per heavy atom. The van der Waals surface area contributed by atoms with E-state index in [-0.39, 0.29) is 18.2 Å². The molecule has 0 spiro atoms. The monoisotopic (exact) mass is 332 g/mol. The van der Waals surface area contributed by atoms with Crippen LogP contribution < -0.4 is 0 Å². The number of hydrogen-bond acceptors (Lipinski definition) is 3. The smallest absolute Gasteiger partial charge is 0.338 e. The van der Waals surface area contributed by atoms with E-state index in [1.54, 1.807) is 25.1 Å². The maximum absolute atomic E-state index is 11.6. The van der Waals surface area contributed by atoms with Gasteiger partial charge in [0.1, 0.15) is 5.78 Å². The Balaban J connectivity index is 3.01. The fourth-order valence-corrected chi connectivity index (χ4v) is 1.98. The Hall–Kier alpha value is -0.870. The Labute approximate surface area is 120 Å². The molecule has 0 unspecified atom stereocenters. The van der Waals surface area contributed by atoms with Crippen LogP contribution >= 0.6 is 27.5 Å². The first-order valence-corrected chi connectivity index (χ1v) is 7.20. The Morgan fingerprint density at radius 2 is 2.06 bits per heavy atom. The van der Waals surface area contributed by atoms with Gasteiger partial charge in [0.05, 0.1) is 17.5 Å². The van der Waals surface area contributed by atoms with Crippen molar-refractivity contribution >= 4 is 39.3 Å². The summed E-state index contributed by atoms with van der Waals surface area (Å²) in [6.45, 7) is 2.08. The van der Waals surface area contributed by atoms with Crippen molar-refractivity contribution in [2.75, 3.05) is 11.9 Å². The molecule has 0 radical (unpaired) electrons. The van der Waals surface area contributed by atoms with Crippen LogP contribution in [0.25, 0.3) is 0 Å². The second-order valence-electron chi connectivity index (χ2n) is 3.69. The largest absolute Gasteiger partial charge is 0.462 e. The Morgan fingerprint density at radius 1 is 1.33 bits per heavy atom. The molecule has 3 nitrogen and oxygen atoms in total. The summed E-state index contributed by atoms with van der Waals surface area (Å²) in [6, 6.07) is 5.10. The first kappa shape index (κ1) is 15.2. The standard InChI is InChI=1S/C13H14BrClO3/c1-2-18-13(17)9-3-4-10(8-15)11(5-9)6-12(16)7-14/h3-5H,2,6-8H2,1H3. The summed E-state index contributed by atoms with van der Waals surface area (Å²) in [4.78, 5) is 23.1. The molecule has 1 aromatic rings. The van der Waals surface area contributed by atoms with Gasteiger partial charge in [-0.05, 0) is 30.2 Å². The lowest BCUT2D eigenvalue weighted by Gasteiger charge is -2.08. The lowest BCUT2D eigenvalue weighted by atomic mass is 10.0. The van der Waals surface area contributed by atoms with Crippen LogP contribution in [0.3, 0.4) is 0 Å².